The highest BCUT2D eigenvalue weighted by Gasteiger charge is 2.20. The number of nitrogen functional groups attached to an aromatic ring is 1. The van der Waals surface area contributed by atoms with Gasteiger partial charge in [0.1, 0.15) is 12.4 Å². The molecule has 156 valence electrons. The Morgan fingerprint density at radius 3 is 2.62 bits per heavy atom. The van der Waals surface area contributed by atoms with Crippen LogP contribution in [-0.2, 0) is 13.0 Å². The average Bonchev–Trinajstić information content (AvgIpc) is 3.32. The number of rotatable bonds is 10. The van der Waals surface area contributed by atoms with Crippen molar-refractivity contribution in [1.29, 1.82) is 0 Å². The molecule has 0 aliphatic rings. The summed E-state index contributed by atoms with van der Waals surface area (Å²) in [4.78, 5) is 4.45. The van der Waals surface area contributed by atoms with Crippen molar-refractivity contribution in [3.8, 4) is 5.75 Å². The summed E-state index contributed by atoms with van der Waals surface area (Å²) in [5.41, 5.74) is 1.27. The molecule has 0 bridgehead atoms. The van der Waals surface area contributed by atoms with Crippen LogP contribution in [0.1, 0.15) is 74.8 Å². The maximum Gasteiger partial charge on any atom is 0.239 e. The van der Waals surface area contributed by atoms with Gasteiger partial charge in [-0.05, 0) is 37.0 Å². The summed E-state index contributed by atoms with van der Waals surface area (Å²) in [6.45, 7) is 8.67. The smallest absolute Gasteiger partial charge is 0.239 e. The zero-order chi connectivity index (χ0) is 20.8. The Kier molecular flexibility index (Phi) is 7.13. The number of aromatic nitrogens is 5. The van der Waals surface area contributed by atoms with Crippen LogP contribution in [-0.4, -0.2) is 25.0 Å². The average molecular weight is 417 g/mol. The molecule has 2 aromatic heterocycles. The first-order valence-corrected chi connectivity index (χ1v) is 10.8. The lowest BCUT2D eigenvalue weighted by Crippen LogP contribution is -2.16. The van der Waals surface area contributed by atoms with Gasteiger partial charge in [0.25, 0.3) is 0 Å². The van der Waals surface area contributed by atoms with E-state index < -0.39 is 0 Å². The fourth-order valence-electron chi connectivity index (χ4n) is 2.66. The molecule has 0 fully saturated rings. The molecule has 8 nitrogen and oxygen atoms in total. The van der Waals surface area contributed by atoms with Gasteiger partial charge in [-0.2, -0.15) is 4.98 Å². The van der Waals surface area contributed by atoms with E-state index >= 15 is 0 Å². The number of aryl methyl sites for hydroxylation is 1. The second kappa shape index (κ2) is 9.78. The third kappa shape index (κ3) is 5.50. The Morgan fingerprint density at radius 1 is 1.17 bits per heavy atom. The van der Waals surface area contributed by atoms with Crippen molar-refractivity contribution in [2.45, 2.75) is 69.9 Å². The summed E-state index contributed by atoms with van der Waals surface area (Å²) in [6.07, 6.45) is 2.96. The summed E-state index contributed by atoms with van der Waals surface area (Å²) in [5, 5.41) is 12.8. The number of thioether (sulfide) groups is 1. The molecule has 3 rings (SSSR count). The zero-order valence-corrected chi connectivity index (χ0v) is 18.1. The van der Waals surface area contributed by atoms with Gasteiger partial charge < -0.3 is 15.1 Å². The highest BCUT2D eigenvalue weighted by Crippen LogP contribution is 2.32. The number of unbranched alkanes of at least 4 members (excludes halogenated alkanes) is 1. The van der Waals surface area contributed by atoms with Crippen LogP contribution in [0, 0.1) is 0 Å². The minimum atomic E-state index is -0.0817. The maximum atomic E-state index is 6.15. The van der Waals surface area contributed by atoms with Crippen LogP contribution in [0.2, 0.25) is 0 Å². The van der Waals surface area contributed by atoms with E-state index in [2.05, 4.69) is 53.2 Å². The van der Waals surface area contributed by atoms with E-state index in [0.29, 0.717) is 22.8 Å². The maximum absolute atomic E-state index is 6.15. The molecular formula is C20H28N6O2S. The third-order valence-electron chi connectivity index (χ3n) is 4.52. The highest BCUT2D eigenvalue weighted by molar-refractivity contribution is 7.99. The summed E-state index contributed by atoms with van der Waals surface area (Å²) in [7, 11) is 0. The van der Waals surface area contributed by atoms with Crippen molar-refractivity contribution in [1.82, 2.24) is 25.0 Å². The van der Waals surface area contributed by atoms with E-state index in [9.17, 15) is 0 Å². The molecular weight excluding hydrogens is 388 g/mol. The van der Waals surface area contributed by atoms with Gasteiger partial charge in [0.2, 0.25) is 11.0 Å². The predicted molar refractivity (Wildman–Crippen MR) is 112 cm³/mol. The first-order chi connectivity index (χ1) is 14.0. The van der Waals surface area contributed by atoms with E-state index in [1.165, 1.54) is 22.0 Å². The molecule has 0 aliphatic carbocycles. The fourth-order valence-corrected chi connectivity index (χ4v) is 3.48. The largest absolute Gasteiger partial charge is 0.486 e. The molecule has 0 amide bonds. The van der Waals surface area contributed by atoms with E-state index in [1.54, 1.807) is 0 Å². The standard InChI is InChI=1S/C20H28N6O2S/c1-5-6-7-17-22-19(28-25-17)14(4)29-20-24-23-18(26(20)21)12-27-16-10-8-15(9-11-16)13(2)3/h8-11,13-14H,5-7,12,21H2,1-4H3/t14-/m0/s1. The Morgan fingerprint density at radius 2 is 1.93 bits per heavy atom. The Labute approximate surface area is 175 Å². The molecule has 29 heavy (non-hydrogen) atoms. The Balaban J connectivity index is 1.57. The lowest BCUT2D eigenvalue weighted by atomic mass is 10.0. The van der Waals surface area contributed by atoms with Gasteiger partial charge in [-0.25, -0.2) is 4.68 Å². The van der Waals surface area contributed by atoms with Crippen molar-refractivity contribution >= 4 is 11.8 Å². The first kappa shape index (κ1) is 21.2. The number of nitrogens with zero attached hydrogens (tertiary/aromatic N) is 5. The summed E-state index contributed by atoms with van der Waals surface area (Å²) >= 11 is 1.42. The summed E-state index contributed by atoms with van der Waals surface area (Å²) < 4.78 is 12.6. The Hall–Kier alpha value is -2.55. The lowest BCUT2D eigenvalue weighted by molar-refractivity contribution is 0.291. The van der Waals surface area contributed by atoms with Crippen LogP contribution in [0.5, 0.6) is 5.75 Å². The van der Waals surface area contributed by atoms with Crippen molar-refractivity contribution in [3.63, 3.8) is 0 Å². The minimum Gasteiger partial charge on any atom is -0.486 e. The van der Waals surface area contributed by atoms with Gasteiger partial charge in [0, 0.05) is 6.42 Å². The van der Waals surface area contributed by atoms with E-state index in [4.69, 9.17) is 15.1 Å². The number of hydrogen-bond acceptors (Lipinski definition) is 8. The van der Waals surface area contributed by atoms with Gasteiger partial charge in [-0.3, -0.25) is 0 Å². The molecule has 1 atom stereocenters. The summed E-state index contributed by atoms with van der Waals surface area (Å²) in [5.74, 6) is 9.25. The van der Waals surface area contributed by atoms with Crippen LogP contribution in [0.15, 0.2) is 33.9 Å². The predicted octanol–water partition coefficient (Wildman–Crippen LogP) is 4.27. The van der Waals surface area contributed by atoms with Crippen molar-refractivity contribution in [3.05, 3.63) is 47.4 Å². The molecule has 0 spiro atoms. The zero-order valence-electron chi connectivity index (χ0n) is 17.3. The first-order valence-electron chi connectivity index (χ1n) is 9.89. The minimum absolute atomic E-state index is 0.0817. The second-order valence-electron chi connectivity index (χ2n) is 7.19. The van der Waals surface area contributed by atoms with E-state index in [0.717, 1.165) is 30.8 Å². The topological polar surface area (TPSA) is 105 Å². The Bertz CT molecular complexity index is 906. The SMILES string of the molecule is CCCCc1noc([C@H](C)Sc2nnc(COc3ccc(C(C)C)cc3)n2N)n1. The second-order valence-corrected chi connectivity index (χ2v) is 8.50. The number of hydrogen-bond donors (Lipinski definition) is 1. The lowest BCUT2D eigenvalue weighted by Gasteiger charge is -2.09. The normalized spacial score (nSPS) is 12.4. The molecule has 0 unspecified atom stereocenters. The molecule has 2 N–H and O–H groups in total. The van der Waals surface area contributed by atoms with Gasteiger partial charge in [-0.15, -0.1) is 10.2 Å². The molecule has 0 saturated heterocycles. The molecule has 9 heteroatoms. The number of ether oxygens (including phenoxy) is 1. The molecule has 1 aromatic carbocycles. The molecule has 2 heterocycles. The molecule has 0 saturated carbocycles. The van der Waals surface area contributed by atoms with Gasteiger partial charge >= 0.3 is 0 Å². The van der Waals surface area contributed by atoms with Crippen molar-refractivity contribution in [2.75, 3.05) is 5.84 Å². The van der Waals surface area contributed by atoms with Gasteiger partial charge in [-0.1, -0.05) is 56.2 Å². The van der Waals surface area contributed by atoms with Crippen molar-refractivity contribution in [2.24, 2.45) is 0 Å². The molecule has 0 radical (unpaired) electrons. The van der Waals surface area contributed by atoms with Gasteiger partial charge in [0.05, 0.1) is 5.25 Å². The number of benzene rings is 1. The molecule has 3 aromatic rings. The van der Waals surface area contributed by atoms with Crippen LogP contribution < -0.4 is 10.6 Å². The van der Waals surface area contributed by atoms with E-state index in [1.807, 2.05) is 19.1 Å². The fraction of sp³-hybridized carbons (Fsp3) is 0.500. The van der Waals surface area contributed by atoms with Crippen molar-refractivity contribution < 1.29 is 9.26 Å². The van der Waals surface area contributed by atoms with E-state index in [-0.39, 0.29) is 11.9 Å². The molecule has 0 aliphatic heterocycles. The quantitative estimate of drug-likeness (QED) is 0.386. The third-order valence-corrected chi connectivity index (χ3v) is 5.56. The van der Waals surface area contributed by atoms with Crippen LogP contribution in [0.3, 0.4) is 0 Å². The van der Waals surface area contributed by atoms with Gasteiger partial charge in [0.15, 0.2) is 11.6 Å². The monoisotopic (exact) mass is 416 g/mol. The number of nitrogens with two attached hydrogens (primary N) is 1. The van der Waals surface area contributed by atoms with Crippen LogP contribution >= 0.6 is 11.8 Å². The van der Waals surface area contributed by atoms with Crippen LogP contribution in [0.25, 0.3) is 0 Å². The highest BCUT2D eigenvalue weighted by atomic mass is 32.2. The summed E-state index contributed by atoms with van der Waals surface area (Å²) in [6, 6.07) is 8.04. The van der Waals surface area contributed by atoms with Crippen LogP contribution in [0.4, 0.5) is 0 Å².